The molecule has 0 saturated carbocycles. The molecule has 1 aromatic carbocycles. The van der Waals surface area contributed by atoms with Crippen molar-refractivity contribution in [3.8, 4) is 0 Å². The lowest BCUT2D eigenvalue weighted by atomic mass is 9.91. The number of hydrogen-bond donors (Lipinski definition) is 0. The maximum atomic E-state index is 11.0. The summed E-state index contributed by atoms with van der Waals surface area (Å²) in [7, 11) is 0. The van der Waals surface area contributed by atoms with Crippen LogP contribution in [0.15, 0.2) is 28.7 Å². The summed E-state index contributed by atoms with van der Waals surface area (Å²) in [6.07, 6.45) is 2.71. The van der Waals surface area contributed by atoms with Gasteiger partial charge in [0.25, 0.3) is 0 Å². The first-order valence-corrected chi connectivity index (χ1v) is 6.18. The Hall–Kier alpha value is -0.630. The Morgan fingerprint density at radius 3 is 2.60 bits per heavy atom. The molecule has 0 aliphatic rings. The number of halogens is 1. The molecule has 0 amide bonds. The zero-order valence-corrected chi connectivity index (χ0v) is 10.9. The number of carbonyl (C=O) groups excluding carboxylic acids is 1. The molecule has 1 rings (SSSR count). The van der Waals surface area contributed by atoms with E-state index in [0.717, 1.165) is 17.3 Å². The van der Waals surface area contributed by atoms with Crippen molar-refractivity contribution < 1.29 is 4.79 Å². The van der Waals surface area contributed by atoms with E-state index in [-0.39, 0.29) is 5.78 Å². The third-order valence-electron chi connectivity index (χ3n) is 2.68. The summed E-state index contributed by atoms with van der Waals surface area (Å²) in [5.41, 5.74) is 1.32. The summed E-state index contributed by atoms with van der Waals surface area (Å²) in [4.78, 5) is 11.0. The summed E-state index contributed by atoms with van der Waals surface area (Å²) >= 11 is 3.56. The van der Waals surface area contributed by atoms with Crippen molar-refractivity contribution >= 4 is 21.7 Å². The van der Waals surface area contributed by atoms with Crippen LogP contribution in [0.3, 0.4) is 0 Å². The van der Waals surface area contributed by atoms with Crippen LogP contribution in [0.4, 0.5) is 0 Å². The summed E-state index contributed by atoms with van der Waals surface area (Å²) in [5.74, 6) is 0.768. The van der Waals surface area contributed by atoms with E-state index < -0.39 is 0 Å². The van der Waals surface area contributed by atoms with E-state index in [0.29, 0.717) is 12.3 Å². The van der Waals surface area contributed by atoms with Gasteiger partial charge in [-0.25, -0.2) is 0 Å². The molecule has 0 fully saturated rings. The smallest absolute Gasteiger partial charge is 0.129 e. The monoisotopic (exact) mass is 268 g/mol. The van der Waals surface area contributed by atoms with E-state index in [4.69, 9.17) is 0 Å². The number of hydrogen-bond acceptors (Lipinski definition) is 1. The molecule has 0 radical (unpaired) electrons. The van der Waals surface area contributed by atoms with Crippen LogP contribution in [0.1, 0.15) is 44.6 Å². The first-order chi connectivity index (χ1) is 7.15. The van der Waals surface area contributed by atoms with Gasteiger partial charge in [-0.3, -0.25) is 0 Å². The van der Waals surface area contributed by atoms with Gasteiger partial charge < -0.3 is 4.79 Å². The van der Waals surface area contributed by atoms with Gasteiger partial charge in [0.05, 0.1) is 0 Å². The molecule has 0 bridgehead atoms. The fourth-order valence-electron chi connectivity index (χ4n) is 1.76. The molecule has 0 N–H and O–H groups in total. The van der Waals surface area contributed by atoms with E-state index >= 15 is 0 Å². The molecule has 2 heteroatoms. The zero-order valence-electron chi connectivity index (χ0n) is 9.29. The molecule has 0 aliphatic carbocycles. The number of rotatable bonds is 5. The Morgan fingerprint density at radius 2 is 2.07 bits per heavy atom. The molecule has 1 unspecified atom stereocenters. The van der Waals surface area contributed by atoms with Crippen LogP contribution in [0.5, 0.6) is 0 Å². The quantitative estimate of drug-likeness (QED) is 0.778. The molecule has 0 saturated heterocycles. The van der Waals surface area contributed by atoms with Crippen molar-refractivity contribution in [3.05, 3.63) is 34.3 Å². The van der Waals surface area contributed by atoms with Crippen molar-refractivity contribution in [3.63, 3.8) is 0 Å². The van der Waals surface area contributed by atoms with Gasteiger partial charge in [-0.2, -0.15) is 0 Å². The van der Waals surface area contributed by atoms with Crippen molar-refractivity contribution in [2.24, 2.45) is 0 Å². The predicted molar refractivity (Wildman–Crippen MR) is 67.1 cm³/mol. The van der Waals surface area contributed by atoms with Crippen LogP contribution in [0, 0.1) is 0 Å². The highest BCUT2D eigenvalue weighted by Gasteiger charge is 2.12. The summed E-state index contributed by atoms with van der Waals surface area (Å²) < 4.78 is 1.15. The van der Waals surface area contributed by atoms with Crippen LogP contribution in [0.25, 0.3) is 0 Å². The third-order valence-corrected chi connectivity index (χ3v) is 3.40. The van der Waals surface area contributed by atoms with E-state index in [9.17, 15) is 4.79 Å². The molecule has 0 heterocycles. The largest absolute Gasteiger partial charge is 0.300 e. The van der Waals surface area contributed by atoms with Crippen molar-refractivity contribution in [2.75, 3.05) is 0 Å². The van der Waals surface area contributed by atoms with E-state index in [1.165, 1.54) is 5.56 Å². The summed E-state index contributed by atoms with van der Waals surface area (Å²) in [6.45, 7) is 3.83. The first-order valence-electron chi connectivity index (χ1n) is 5.39. The zero-order chi connectivity index (χ0) is 11.3. The number of benzene rings is 1. The van der Waals surface area contributed by atoms with Gasteiger partial charge in [0, 0.05) is 10.9 Å². The van der Waals surface area contributed by atoms with Gasteiger partial charge in [-0.05, 0) is 37.3 Å². The Bertz CT molecular complexity index is 333. The minimum absolute atomic E-state index is 0.278. The molecular weight excluding hydrogens is 252 g/mol. The highest BCUT2D eigenvalue weighted by atomic mass is 79.9. The highest BCUT2D eigenvalue weighted by molar-refractivity contribution is 9.10. The predicted octanol–water partition coefficient (Wildman–Crippen LogP) is 4.31. The number of carbonyl (C=O) groups is 1. The highest BCUT2D eigenvalue weighted by Crippen LogP contribution is 2.30. The maximum absolute atomic E-state index is 11.0. The second kappa shape index (κ2) is 6.06. The third kappa shape index (κ3) is 3.78. The van der Waals surface area contributed by atoms with Gasteiger partial charge >= 0.3 is 0 Å². The normalized spacial score (nSPS) is 12.5. The standard InChI is InChI=1S/C13H17BrO/c1-3-11(9-8-10(2)15)12-6-4-5-7-13(12)14/h4-7,11H,3,8-9H2,1-2H3. The number of ketones is 1. The molecule has 1 aromatic rings. The van der Waals surface area contributed by atoms with E-state index in [1.54, 1.807) is 6.92 Å². The van der Waals surface area contributed by atoms with Crippen molar-refractivity contribution in [1.29, 1.82) is 0 Å². The van der Waals surface area contributed by atoms with Gasteiger partial charge in [0.15, 0.2) is 0 Å². The van der Waals surface area contributed by atoms with Crippen LogP contribution in [0.2, 0.25) is 0 Å². The topological polar surface area (TPSA) is 17.1 Å². The Labute approximate surface area is 100 Å². The van der Waals surface area contributed by atoms with Crippen molar-refractivity contribution in [1.82, 2.24) is 0 Å². The lowest BCUT2D eigenvalue weighted by Gasteiger charge is -2.16. The second-order valence-electron chi connectivity index (χ2n) is 3.87. The van der Waals surface area contributed by atoms with Crippen LogP contribution < -0.4 is 0 Å². The fourth-order valence-corrected chi connectivity index (χ4v) is 2.37. The average molecular weight is 269 g/mol. The minimum atomic E-state index is 0.278. The Balaban J connectivity index is 2.74. The molecule has 82 valence electrons. The molecule has 15 heavy (non-hydrogen) atoms. The second-order valence-corrected chi connectivity index (χ2v) is 4.72. The minimum Gasteiger partial charge on any atom is -0.300 e. The first kappa shape index (κ1) is 12.4. The molecule has 1 atom stereocenters. The van der Waals surface area contributed by atoms with Gasteiger partial charge in [0.2, 0.25) is 0 Å². The molecule has 1 nitrogen and oxygen atoms in total. The summed E-state index contributed by atoms with van der Waals surface area (Å²) in [6, 6.07) is 8.27. The molecular formula is C13H17BrO. The average Bonchev–Trinajstić information content (AvgIpc) is 2.21. The van der Waals surface area contributed by atoms with Crippen LogP contribution in [-0.2, 0) is 4.79 Å². The van der Waals surface area contributed by atoms with Gasteiger partial charge in [-0.1, -0.05) is 41.1 Å². The number of Topliss-reactive ketones (excluding diaryl/α,β-unsaturated/α-hetero) is 1. The fraction of sp³-hybridized carbons (Fsp3) is 0.462. The lowest BCUT2D eigenvalue weighted by molar-refractivity contribution is -0.117. The van der Waals surface area contributed by atoms with Crippen LogP contribution in [-0.4, -0.2) is 5.78 Å². The maximum Gasteiger partial charge on any atom is 0.129 e. The van der Waals surface area contributed by atoms with Crippen molar-refractivity contribution in [2.45, 2.75) is 39.0 Å². The lowest BCUT2D eigenvalue weighted by Crippen LogP contribution is -2.01. The molecule has 0 aromatic heterocycles. The molecule has 0 spiro atoms. The molecule has 0 aliphatic heterocycles. The Morgan fingerprint density at radius 1 is 1.40 bits per heavy atom. The van der Waals surface area contributed by atoms with Crippen LogP contribution >= 0.6 is 15.9 Å². The summed E-state index contributed by atoms with van der Waals surface area (Å²) in [5, 5.41) is 0. The van der Waals surface area contributed by atoms with E-state index in [2.05, 4.69) is 41.1 Å². The van der Waals surface area contributed by atoms with Gasteiger partial charge in [0.1, 0.15) is 5.78 Å². The SMILES string of the molecule is CCC(CCC(C)=O)c1ccccc1Br. The van der Waals surface area contributed by atoms with E-state index in [1.807, 2.05) is 6.07 Å². The Kier molecular flexibility index (Phi) is 5.03. The van der Waals surface area contributed by atoms with Gasteiger partial charge in [-0.15, -0.1) is 0 Å².